The van der Waals surface area contributed by atoms with Crippen LogP contribution in [-0.2, 0) is 32.7 Å². The maximum atomic E-state index is 4.47. The van der Waals surface area contributed by atoms with Gasteiger partial charge in [-0.25, -0.2) is 0 Å². The second-order valence-corrected chi connectivity index (χ2v) is 4.21. The zero-order valence-electron chi connectivity index (χ0n) is 10.3. The van der Waals surface area contributed by atoms with Crippen LogP contribution in [0.2, 0.25) is 0 Å². The Morgan fingerprint density at radius 1 is 1.21 bits per heavy atom. The van der Waals surface area contributed by atoms with Crippen LogP contribution in [0.1, 0.15) is 47.0 Å². The van der Waals surface area contributed by atoms with E-state index < -0.39 is 0 Å². The molecule has 1 nitrogen and oxygen atoms in total. The van der Waals surface area contributed by atoms with Crippen molar-refractivity contribution in [3.8, 4) is 0 Å². The Labute approximate surface area is 116 Å². The van der Waals surface area contributed by atoms with E-state index in [-0.39, 0.29) is 32.7 Å². The van der Waals surface area contributed by atoms with Gasteiger partial charge < -0.3 is 11.7 Å². The van der Waals surface area contributed by atoms with Crippen molar-refractivity contribution in [3.05, 3.63) is 11.7 Å². The second kappa shape index (κ2) is 12.1. The van der Waals surface area contributed by atoms with Gasteiger partial charge in [-0.1, -0.05) is 39.0 Å². The van der Waals surface area contributed by atoms with E-state index in [0.717, 1.165) is 24.9 Å². The molecule has 1 aliphatic heterocycles. The maximum absolute atomic E-state index is 4.47. The van der Waals surface area contributed by atoms with E-state index in [1.807, 2.05) is 20.3 Å². The monoisotopic (exact) mass is 272 g/mol. The molecule has 0 saturated carbocycles. The molecular formula is C12H25NY-2. The molecule has 0 N–H and O–H groups in total. The molecule has 1 rings (SSSR count). The van der Waals surface area contributed by atoms with Gasteiger partial charge in [0.25, 0.3) is 0 Å². The molecular weight excluding hydrogens is 247 g/mol. The first-order chi connectivity index (χ1) is 6.22. The summed E-state index contributed by atoms with van der Waals surface area (Å²) in [6, 6.07) is 0. The Morgan fingerprint density at radius 2 is 1.79 bits per heavy atom. The summed E-state index contributed by atoms with van der Waals surface area (Å²) in [4.78, 5) is 0. The minimum Gasteiger partial charge on any atom is -0.662 e. The minimum absolute atomic E-state index is 0. The van der Waals surface area contributed by atoms with Crippen molar-refractivity contribution in [1.29, 1.82) is 0 Å². The molecule has 1 fully saturated rings. The predicted octanol–water partition coefficient (Wildman–Crippen LogP) is 4.04. The standard InChI is InChI=1S/C9H18N.C3H7.Y/c1-8(2)9-5-3-4-6-10-7-9;1-3-2;/h8-9H,3-7H2,1-2H3;3H,1-2H3;/q2*-1;/t9-;;/m0../s1. The van der Waals surface area contributed by atoms with E-state index in [4.69, 9.17) is 0 Å². The van der Waals surface area contributed by atoms with Gasteiger partial charge in [-0.05, 0) is 5.92 Å². The summed E-state index contributed by atoms with van der Waals surface area (Å²) in [7, 11) is 0. The van der Waals surface area contributed by atoms with E-state index in [0.29, 0.717) is 0 Å². The molecule has 1 atom stereocenters. The van der Waals surface area contributed by atoms with Gasteiger partial charge in [0.05, 0.1) is 0 Å². The van der Waals surface area contributed by atoms with Crippen molar-refractivity contribution < 1.29 is 32.7 Å². The van der Waals surface area contributed by atoms with Crippen molar-refractivity contribution >= 4 is 0 Å². The normalized spacial score (nSPS) is 21.6. The van der Waals surface area contributed by atoms with Gasteiger partial charge in [0.2, 0.25) is 0 Å². The van der Waals surface area contributed by atoms with Crippen LogP contribution in [0.3, 0.4) is 0 Å². The van der Waals surface area contributed by atoms with E-state index in [2.05, 4.69) is 19.2 Å². The molecule has 83 valence electrons. The molecule has 14 heavy (non-hydrogen) atoms. The third kappa shape index (κ3) is 9.61. The van der Waals surface area contributed by atoms with Crippen molar-refractivity contribution in [1.82, 2.24) is 0 Å². The molecule has 2 heteroatoms. The number of nitrogens with zero attached hydrogens (tertiary/aromatic N) is 1. The quantitative estimate of drug-likeness (QED) is 0.639. The van der Waals surface area contributed by atoms with Crippen LogP contribution in [0.25, 0.3) is 5.32 Å². The molecule has 0 bridgehead atoms. The molecule has 0 aliphatic carbocycles. The van der Waals surface area contributed by atoms with Crippen LogP contribution in [0.15, 0.2) is 0 Å². The number of hydrogen-bond donors (Lipinski definition) is 0. The fourth-order valence-corrected chi connectivity index (χ4v) is 1.52. The molecule has 0 aromatic rings. The Morgan fingerprint density at radius 3 is 2.29 bits per heavy atom. The predicted molar refractivity (Wildman–Crippen MR) is 60.9 cm³/mol. The Hall–Kier alpha value is 1.06. The molecule has 1 aliphatic rings. The first kappa shape index (κ1) is 17.5. The minimum atomic E-state index is 0. The SMILES string of the molecule is CC(C)[C@H]1CCCC[N-]C1.C[CH-]C.[Y]. The van der Waals surface area contributed by atoms with Gasteiger partial charge in [0.15, 0.2) is 0 Å². The van der Waals surface area contributed by atoms with Gasteiger partial charge in [0.1, 0.15) is 0 Å². The summed E-state index contributed by atoms with van der Waals surface area (Å²) < 4.78 is 0. The fraction of sp³-hybridized carbons (Fsp3) is 0.917. The zero-order valence-corrected chi connectivity index (χ0v) is 13.1. The van der Waals surface area contributed by atoms with Crippen molar-refractivity contribution in [2.45, 2.75) is 47.0 Å². The van der Waals surface area contributed by atoms with Crippen LogP contribution in [0.4, 0.5) is 0 Å². The van der Waals surface area contributed by atoms with Gasteiger partial charge in [-0.3, -0.25) is 0 Å². The summed E-state index contributed by atoms with van der Waals surface area (Å²) in [6.45, 7) is 10.9. The van der Waals surface area contributed by atoms with E-state index in [1.165, 1.54) is 19.3 Å². The van der Waals surface area contributed by atoms with Crippen LogP contribution in [-0.4, -0.2) is 13.1 Å². The molecule has 1 radical (unpaired) electrons. The van der Waals surface area contributed by atoms with Crippen molar-refractivity contribution in [3.63, 3.8) is 0 Å². The first-order valence-corrected chi connectivity index (χ1v) is 5.59. The largest absolute Gasteiger partial charge is 0.662 e. The number of rotatable bonds is 1. The van der Waals surface area contributed by atoms with Crippen molar-refractivity contribution in [2.75, 3.05) is 13.1 Å². The summed E-state index contributed by atoms with van der Waals surface area (Å²) in [6.07, 6.45) is 6.12. The second-order valence-electron chi connectivity index (χ2n) is 4.21. The van der Waals surface area contributed by atoms with Crippen LogP contribution >= 0.6 is 0 Å². The zero-order chi connectivity index (χ0) is 10.1. The topological polar surface area (TPSA) is 14.1 Å². The van der Waals surface area contributed by atoms with E-state index in [1.54, 1.807) is 0 Å². The summed E-state index contributed by atoms with van der Waals surface area (Å²) in [5.74, 6) is 1.71. The average molecular weight is 272 g/mol. The Bertz CT molecular complexity index is 96.5. The van der Waals surface area contributed by atoms with Gasteiger partial charge in [0, 0.05) is 32.7 Å². The third-order valence-electron chi connectivity index (χ3n) is 2.45. The molecule has 0 aromatic carbocycles. The van der Waals surface area contributed by atoms with Gasteiger partial charge >= 0.3 is 0 Å². The summed E-state index contributed by atoms with van der Waals surface area (Å²) in [5, 5.41) is 4.47. The molecule has 0 aromatic heterocycles. The van der Waals surface area contributed by atoms with Crippen molar-refractivity contribution in [2.24, 2.45) is 11.8 Å². The molecule has 0 unspecified atom stereocenters. The third-order valence-corrected chi connectivity index (χ3v) is 2.45. The smallest absolute Gasteiger partial charge is 0 e. The molecule has 0 spiro atoms. The maximum Gasteiger partial charge on any atom is 0 e. The fourth-order valence-electron chi connectivity index (χ4n) is 1.52. The molecule has 1 heterocycles. The number of hydrogen-bond acceptors (Lipinski definition) is 0. The molecule has 1 saturated heterocycles. The molecule has 0 amide bonds. The van der Waals surface area contributed by atoms with E-state index >= 15 is 0 Å². The van der Waals surface area contributed by atoms with Crippen LogP contribution in [0.5, 0.6) is 0 Å². The Balaban J connectivity index is 0. The van der Waals surface area contributed by atoms with Gasteiger partial charge in [-0.2, -0.15) is 13.8 Å². The van der Waals surface area contributed by atoms with Crippen LogP contribution in [0, 0.1) is 18.3 Å². The average Bonchev–Trinajstić information content (AvgIpc) is 2.32. The Kier molecular flexibility index (Phi) is 15.1. The van der Waals surface area contributed by atoms with Crippen LogP contribution < -0.4 is 0 Å². The van der Waals surface area contributed by atoms with Gasteiger partial charge in [-0.15, -0.1) is 13.1 Å². The first-order valence-electron chi connectivity index (χ1n) is 5.59. The van der Waals surface area contributed by atoms with E-state index in [9.17, 15) is 0 Å². The summed E-state index contributed by atoms with van der Waals surface area (Å²) in [5.41, 5.74) is 0. The summed E-state index contributed by atoms with van der Waals surface area (Å²) >= 11 is 0.